The van der Waals surface area contributed by atoms with Crippen molar-refractivity contribution < 1.29 is 23.1 Å². The number of aliphatic hydroxyl groups excluding tert-OH is 1. The Labute approximate surface area is 119 Å². The van der Waals surface area contributed by atoms with Crippen LogP contribution in [-0.2, 0) is 9.84 Å². The third kappa shape index (κ3) is 3.34. The molecule has 2 unspecified atom stereocenters. The minimum atomic E-state index is -3.28. The van der Waals surface area contributed by atoms with Gasteiger partial charge in [-0.1, -0.05) is 15.9 Å². The van der Waals surface area contributed by atoms with Gasteiger partial charge in [-0.25, -0.2) is 8.42 Å². The zero-order chi connectivity index (χ0) is 14.2. The Kier molecular flexibility index (Phi) is 3.98. The molecule has 0 saturated carbocycles. The van der Waals surface area contributed by atoms with E-state index in [1.807, 2.05) is 0 Å². The van der Waals surface area contributed by atoms with Crippen LogP contribution < -0.4 is 4.74 Å². The number of halogens is 1. The summed E-state index contributed by atoms with van der Waals surface area (Å²) < 4.78 is 29.0. The lowest BCUT2D eigenvalue weighted by atomic mass is 10.1. The van der Waals surface area contributed by atoms with Crippen LogP contribution in [0.25, 0.3) is 0 Å². The van der Waals surface area contributed by atoms with Crippen molar-refractivity contribution in [2.75, 3.05) is 11.5 Å². The second-order valence-corrected chi connectivity index (χ2v) is 7.57. The third-order valence-electron chi connectivity index (χ3n) is 2.87. The van der Waals surface area contributed by atoms with Crippen molar-refractivity contribution in [3.63, 3.8) is 0 Å². The number of carbonyl (C=O) groups excluding carboxylic acids is 1. The number of rotatable bonds is 3. The molecule has 0 aromatic heterocycles. The number of sulfone groups is 1. The van der Waals surface area contributed by atoms with Crippen LogP contribution in [0.15, 0.2) is 22.7 Å². The maximum atomic E-state index is 11.5. The largest absolute Gasteiger partial charge is 0.486 e. The van der Waals surface area contributed by atoms with Crippen molar-refractivity contribution in [1.29, 1.82) is 0 Å². The minimum absolute atomic E-state index is 0.183. The summed E-state index contributed by atoms with van der Waals surface area (Å²) in [7, 11) is -3.28. The van der Waals surface area contributed by atoms with Crippen LogP contribution >= 0.6 is 15.9 Å². The number of ether oxygens (including phenoxy) is 1. The predicted molar refractivity (Wildman–Crippen MR) is 73.2 cm³/mol. The number of hydrogen-bond donors (Lipinski definition) is 1. The highest BCUT2D eigenvalue weighted by Crippen LogP contribution is 2.27. The first kappa shape index (κ1) is 14.5. The zero-order valence-corrected chi connectivity index (χ0v) is 12.6. The van der Waals surface area contributed by atoms with E-state index in [-0.39, 0.29) is 23.0 Å². The average Bonchev–Trinajstić information content (AvgIpc) is 2.51. The molecule has 0 spiro atoms. The van der Waals surface area contributed by atoms with Crippen molar-refractivity contribution in [3.8, 4) is 5.75 Å². The van der Waals surface area contributed by atoms with Crippen molar-refractivity contribution >= 4 is 31.6 Å². The standard InChI is InChI=1S/C12H13BrO5S/c1-7(14)9-3-2-8(13)4-11(9)18-12-6-19(16,17)5-10(12)15/h2-4,10,12,15H,5-6H2,1H3. The molecule has 1 saturated heterocycles. The Balaban J connectivity index is 2.29. The first-order valence-electron chi connectivity index (χ1n) is 5.64. The number of benzene rings is 1. The SMILES string of the molecule is CC(=O)c1ccc(Br)cc1OC1CS(=O)(=O)CC1O. The number of Topliss-reactive ketones (excluding diaryl/α,β-unsaturated/α-hetero) is 1. The van der Waals surface area contributed by atoms with Crippen molar-refractivity contribution in [1.82, 2.24) is 0 Å². The Morgan fingerprint density at radius 3 is 2.63 bits per heavy atom. The molecular formula is C12H13BrO5S. The van der Waals surface area contributed by atoms with Gasteiger partial charge in [-0.05, 0) is 25.1 Å². The number of aliphatic hydroxyl groups is 1. The molecule has 1 aromatic rings. The van der Waals surface area contributed by atoms with Crippen LogP contribution in [0, 0.1) is 0 Å². The lowest BCUT2D eigenvalue weighted by Crippen LogP contribution is -2.30. The molecule has 0 aliphatic carbocycles. The second kappa shape index (κ2) is 5.22. The first-order chi connectivity index (χ1) is 8.78. The summed E-state index contributed by atoms with van der Waals surface area (Å²) in [6.45, 7) is 1.40. The molecule has 1 fully saturated rings. The topological polar surface area (TPSA) is 80.7 Å². The quantitative estimate of drug-likeness (QED) is 0.829. The minimum Gasteiger partial charge on any atom is -0.486 e. The summed E-state index contributed by atoms with van der Waals surface area (Å²) in [6.07, 6.45) is -1.90. The van der Waals surface area contributed by atoms with Gasteiger partial charge < -0.3 is 9.84 Å². The van der Waals surface area contributed by atoms with Gasteiger partial charge in [0.15, 0.2) is 15.6 Å². The molecule has 1 aliphatic heterocycles. The van der Waals surface area contributed by atoms with E-state index in [4.69, 9.17) is 4.74 Å². The molecule has 2 rings (SSSR count). The monoisotopic (exact) mass is 348 g/mol. The van der Waals surface area contributed by atoms with Crippen molar-refractivity contribution in [2.45, 2.75) is 19.1 Å². The summed E-state index contributed by atoms with van der Waals surface area (Å²) in [5.41, 5.74) is 0.361. The Hall–Kier alpha value is -0.920. The third-order valence-corrected chi connectivity index (χ3v) is 5.05. The van der Waals surface area contributed by atoms with Gasteiger partial charge in [-0.15, -0.1) is 0 Å². The highest BCUT2D eigenvalue weighted by molar-refractivity contribution is 9.10. The molecule has 0 amide bonds. The van der Waals surface area contributed by atoms with Gasteiger partial charge in [0.2, 0.25) is 0 Å². The summed E-state index contributed by atoms with van der Waals surface area (Å²) in [6, 6.07) is 4.89. The van der Waals surface area contributed by atoms with Crippen LogP contribution in [0.5, 0.6) is 5.75 Å². The maximum absolute atomic E-state index is 11.5. The molecule has 0 radical (unpaired) electrons. The van der Waals surface area contributed by atoms with Crippen molar-refractivity contribution in [2.24, 2.45) is 0 Å². The van der Waals surface area contributed by atoms with Crippen molar-refractivity contribution in [3.05, 3.63) is 28.2 Å². The lowest BCUT2D eigenvalue weighted by molar-refractivity contribution is 0.0722. The van der Waals surface area contributed by atoms with Gasteiger partial charge in [-0.2, -0.15) is 0 Å². The Morgan fingerprint density at radius 2 is 2.11 bits per heavy atom. The lowest BCUT2D eigenvalue weighted by Gasteiger charge is -2.17. The fraction of sp³-hybridized carbons (Fsp3) is 0.417. The van der Waals surface area contributed by atoms with Crippen LogP contribution in [-0.4, -0.2) is 43.0 Å². The highest BCUT2D eigenvalue weighted by Gasteiger charge is 2.38. The summed E-state index contributed by atoms with van der Waals surface area (Å²) in [4.78, 5) is 11.5. The predicted octanol–water partition coefficient (Wildman–Crippen LogP) is 1.19. The number of hydrogen-bond acceptors (Lipinski definition) is 5. The van der Waals surface area contributed by atoms with E-state index >= 15 is 0 Å². The molecule has 104 valence electrons. The summed E-state index contributed by atoms with van der Waals surface area (Å²) in [5.74, 6) is -0.445. The fourth-order valence-corrected chi connectivity index (χ4v) is 3.96. The van der Waals surface area contributed by atoms with Crippen LogP contribution in [0.1, 0.15) is 17.3 Å². The summed E-state index contributed by atoms with van der Waals surface area (Å²) >= 11 is 3.26. The molecule has 1 aliphatic rings. The normalized spacial score (nSPS) is 25.2. The molecule has 5 nitrogen and oxygen atoms in total. The molecule has 0 bridgehead atoms. The zero-order valence-electron chi connectivity index (χ0n) is 10.2. The Bertz CT molecular complexity index is 611. The molecule has 19 heavy (non-hydrogen) atoms. The van der Waals surface area contributed by atoms with Gasteiger partial charge in [0.25, 0.3) is 0 Å². The van der Waals surface area contributed by atoms with Gasteiger partial charge >= 0.3 is 0 Å². The molecule has 1 N–H and O–H groups in total. The van der Waals surface area contributed by atoms with Gasteiger partial charge in [0, 0.05) is 4.47 Å². The van der Waals surface area contributed by atoms with E-state index in [0.29, 0.717) is 10.0 Å². The van der Waals surface area contributed by atoms with Gasteiger partial charge in [-0.3, -0.25) is 4.79 Å². The number of ketones is 1. The van der Waals surface area contributed by atoms with E-state index in [1.54, 1.807) is 18.2 Å². The molecule has 1 aromatic carbocycles. The van der Waals surface area contributed by atoms with Crippen LogP contribution in [0.3, 0.4) is 0 Å². The smallest absolute Gasteiger partial charge is 0.163 e. The fourth-order valence-electron chi connectivity index (χ4n) is 1.96. The van der Waals surface area contributed by atoms with Crippen LogP contribution in [0.2, 0.25) is 0 Å². The average molecular weight is 349 g/mol. The van der Waals surface area contributed by atoms with E-state index in [1.165, 1.54) is 6.92 Å². The summed E-state index contributed by atoms with van der Waals surface area (Å²) in [5, 5.41) is 9.68. The first-order valence-corrected chi connectivity index (χ1v) is 8.25. The van der Waals surface area contributed by atoms with Gasteiger partial charge in [0.05, 0.1) is 17.1 Å². The van der Waals surface area contributed by atoms with E-state index < -0.39 is 22.0 Å². The van der Waals surface area contributed by atoms with Gasteiger partial charge in [0.1, 0.15) is 18.0 Å². The second-order valence-electron chi connectivity index (χ2n) is 4.50. The maximum Gasteiger partial charge on any atom is 0.163 e. The number of carbonyl (C=O) groups is 1. The van der Waals surface area contributed by atoms with E-state index in [9.17, 15) is 18.3 Å². The highest BCUT2D eigenvalue weighted by atomic mass is 79.9. The van der Waals surface area contributed by atoms with E-state index in [0.717, 1.165) is 0 Å². The molecule has 2 atom stereocenters. The Morgan fingerprint density at radius 1 is 1.42 bits per heavy atom. The van der Waals surface area contributed by atoms with Crippen LogP contribution in [0.4, 0.5) is 0 Å². The molecular weight excluding hydrogens is 336 g/mol. The molecule has 7 heteroatoms. The molecule has 1 heterocycles. The van der Waals surface area contributed by atoms with E-state index in [2.05, 4.69) is 15.9 Å².